The largest absolute Gasteiger partial charge is 0.469 e. The quantitative estimate of drug-likeness (QED) is 0.209. The van der Waals surface area contributed by atoms with Crippen LogP contribution in [0.4, 0.5) is 5.69 Å². The van der Waals surface area contributed by atoms with Crippen molar-refractivity contribution < 1.29 is 19.1 Å². The van der Waals surface area contributed by atoms with Gasteiger partial charge in [0.2, 0.25) is 0 Å². The molecule has 0 N–H and O–H groups in total. The lowest BCUT2D eigenvalue weighted by Gasteiger charge is -2.42. The summed E-state index contributed by atoms with van der Waals surface area (Å²) in [5, 5.41) is 4.68. The van der Waals surface area contributed by atoms with Crippen molar-refractivity contribution in [2.24, 2.45) is 22.9 Å². The number of oxime groups is 1. The monoisotopic (exact) mass is 548 g/mol. The van der Waals surface area contributed by atoms with Crippen molar-refractivity contribution in [3.63, 3.8) is 0 Å². The van der Waals surface area contributed by atoms with Gasteiger partial charge in [-0.2, -0.15) is 0 Å². The number of carbonyl (C=O) groups excluding carboxylic acids is 1. The van der Waals surface area contributed by atoms with Gasteiger partial charge in [-0.25, -0.2) is 0 Å². The number of hydrogen-bond acceptors (Lipinski definition) is 6. The minimum Gasteiger partial charge on any atom is -0.469 e. The topological polar surface area (TPSA) is 60.4 Å². The van der Waals surface area contributed by atoms with Crippen LogP contribution in [0.2, 0.25) is 0 Å². The van der Waals surface area contributed by atoms with E-state index in [1.165, 1.54) is 55.2 Å². The third kappa shape index (κ3) is 6.64. The summed E-state index contributed by atoms with van der Waals surface area (Å²) in [5.74, 6) is 1.38. The molecule has 1 aromatic rings. The molecule has 0 radical (unpaired) electrons. The number of anilines is 1. The Morgan fingerprint density at radius 3 is 2.58 bits per heavy atom. The Morgan fingerprint density at radius 2 is 1.93 bits per heavy atom. The Bertz CT molecular complexity index is 1150. The molecular formula is C34H48N2O4. The lowest BCUT2D eigenvalue weighted by Crippen LogP contribution is -2.47. The van der Waals surface area contributed by atoms with Crippen molar-refractivity contribution in [1.29, 1.82) is 0 Å². The summed E-state index contributed by atoms with van der Waals surface area (Å²) in [6.45, 7) is 10.5. The number of nitrogens with zero attached hydrogens (tertiary/aromatic N) is 2. The number of methoxy groups -OCH3 is 1. The van der Waals surface area contributed by atoms with Crippen LogP contribution in [0.5, 0.6) is 0 Å². The lowest BCUT2D eigenvalue weighted by atomic mass is 9.87. The average Bonchev–Trinajstić information content (AvgIpc) is 3.89. The first-order valence-electron chi connectivity index (χ1n) is 15.6. The highest BCUT2D eigenvalue weighted by atomic mass is 16.6. The summed E-state index contributed by atoms with van der Waals surface area (Å²) >= 11 is 0. The Balaban J connectivity index is 1.26. The fourth-order valence-electron chi connectivity index (χ4n) is 6.73. The molecule has 3 unspecified atom stereocenters. The van der Waals surface area contributed by atoms with E-state index >= 15 is 0 Å². The first kappa shape index (κ1) is 28.9. The van der Waals surface area contributed by atoms with Crippen LogP contribution in [0.15, 0.2) is 46.7 Å². The van der Waals surface area contributed by atoms with Gasteiger partial charge in [0.05, 0.1) is 37.9 Å². The second-order valence-electron chi connectivity index (χ2n) is 12.3. The Morgan fingerprint density at radius 1 is 1.15 bits per heavy atom. The molecule has 5 rings (SSSR count). The van der Waals surface area contributed by atoms with Crippen LogP contribution in [-0.4, -0.2) is 50.2 Å². The number of rotatable bonds is 12. The Kier molecular flexibility index (Phi) is 9.34. The molecule has 1 aromatic carbocycles. The molecule has 0 aromatic heterocycles. The third-order valence-electron chi connectivity index (χ3n) is 9.27. The highest BCUT2D eigenvalue weighted by molar-refractivity contribution is 6.03. The molecule has 3 fully saturated rings. The zero-order valence-corrected chi connectivity index (χ0v) is 25.2. The molecule has 4 atom stereocenters. The van der Waals surface area contributed by atoms with Crippen LogP contribution in [0.25, 0.3) is 0 Å². The minimum atomic E-state index is -0.195. The summed E-state index contributed by atoms with van der Waals surface area (Å²) in [7, 11) is 1.45. The van der Waals surface area contributed by atoms with E-state index in [9.17, 15) is 4.79 Å². The molecule has 2 heterocycles. The summed E-state index contributed by atoms with van der Waals surface area (Å²) in [5.41, 5.74) is 7.27. The van der Waals surface area contributed by atoms with E-state index in [4.69, 9.17) is 14.3 Å². The summed E-state index contributed by atoms with van der Waals surface area (Å²) < 4.78 is 11.6. The van der Waals surface area contributed by atoms with Gasteiger partial charge in [0.25, 0.3) is 0 Å². The van der Waals surface area contributed by atoms with E-state index in [2.05, 4.69) is 68.1 Å². The maximum atomic E-state index is 11.8. The van der Waals surface area contributed by atoms with Gasteiger partial charge in [0, 0.05) is 18.3 Å². The number of piperidine rings is 1. The van der Waals surface area contributed by atoms with E-state index in [1.54, 1.807) is 0 Å². The molecule has 6 nitrogen and oxygen atoms in total. The van der Waals surface area contributed by atoms with E-state index < -0.39 is 0 Å². The predicted octanol–water partition coefficient (Wildman–Crippen LogP) is 6.95. The molecule has 2 aliphatic heterocycles. The second kappa shape index (κ2) is 12.9. The number of esters is 1. The number of ether oxygens (including phenoxy) is 2. The molecule has 2 saturated carbocycles. The van der Waals surface area contributed by atoms with Gasteiger partial charge in [-0.05, 0) is 105 Å². The molecule has 0 spiro atoms. The average molecular weight is 549 g/mol. The first-order chi connectivity index (χ1) is 19.4. The van der Waals surface area contributed by atoms with E-state index in [-0.39, 0.29) is 24.1 Å². The molecule has 218 valence electrons. The molecule has 4 aliphatic rings. The molecular weight excluding hydrogens is 500 g/mol. The van der Waals surface area contributed by atoms with Gasteiger partial charge in [-0.1, -0.05) is 43.3 Å². The molecule has 6 heteroatoms. The van der Waals surface area contributed by atoms with Crippen LogP contribution >= 0.6 is 0 Å². The fourth-order valence-corrected chi connectivity index (χ4v) is 6.73. The summed E-state index contributed by atoms with van der Waals surface area (Å²) in [6.07, 6.45) is 14.4. The normalized spacial score (nSPS) is 27.4. The van der Waals surface area contributed by atoms with Gasteiger partial charge in [0.1, 0.15) is 6.10 Å². The van der Waals surface area contributed by atoms with Crippen LogP contribution in [0.1, 0.15) is 83.3 Å². The van der Waals surface area contributed by atoms with Gasteiger partial charge < -0.3 is 19.2 Å². The number of benzene rings is 1. The van der Waals surface area contributed by atoms with Crippen LogP contribution < -0.4 is 4.90 Å². The molecule has 0 amide bonds. The van der Waals surface area contributed by atoms with Crippen molar-refractivity contribution in [1.82, 2.24) is 0 Å². The standard InChI is InChI=1S/C34H48N2O4/c1-6-8-9-22(3)28(7-2)33-29(34(40-35-33)26-13-14-26)21-39-27-16-17-36(31(20-27)25-11-12-25)30-15-10-24(18-23(30)4)19-32(37)38-5/h8-10,15,18,25-27,29,31,34H,6-7,11-14,16-17,19-21H2,1-5H3/b9-8-,28-22+/t27-,29?,31?,34?/m0/s1. The SMILES string of the molecule is CC/C=C\C(C)=C(/CC)C1=NOC(C2CC2)C1CO[C@H]1CCN(c2ccc(CC(=O)OC)cc2C)C(C2CC2)C1. The van der Waals surface area contributed by atoms with E-state index in [0.29, 0.717) is 25.0 Å². The maximum Gasteiger partial charge on any atom is 0.309 e. The van der Waals surface area contributed by atoms with Crippen molar-refractivity contribution in [3.05, 3.63) is 52.6 Å². The van der Waals surface area contributed by atoms with E-state index in [0.717, 1.165) is 49.4 Å². The zero-order valence-electron chi connectivity index (χ0n) is 25.2. The van der Waals surface area contributed by atoms with Crippen molar-refractivity contribution in [3.8, 4) is 0 Å². The van der Waals surface area contributed by atoms with Gasteiger partial charge in [0.15, 0.2) is 0 Å². The number of aryl methyl sites for hydroxylation is 1. The zero-order chi connectivity index (χ0) is 28.2. The number of allylic oxidation sites excluding steroid dienone is 4. The van der Waals surface area contributed by atoms with E-state index in [1.807, 2.05) is 0 Å². The predicted molar refractivity (Wildman–Crippen MR) is 161 cm³/mol. The van der Waals surface area contributed by atoms with Crippen molar-refractivity contribution in [2.45, 2.75) is 104 Å². The first-order valence-corrected chi connectivity index (χ1v) is 15.6. The minimum absolute atomic E-state index is 0.157. The Labute approximate surface area is 240 Å². The lowest BCUT2D eigenvalue weighted by molar-refractivity contribution is -0.139. The summed E-state index contributed by atoms with van der Waals surface area (Å²) in [4.78, 5) is 20.5. The summed E-state index contributed by atoms with van der Waals surface area (Å²) in [6, 6.07) is 6.94. The van der Waals surface area contributed by atoms with Crippen LogP contribution in [0.3, 0.4) is 0 Å². The maximum absolute atomic E-state index is 11.8. The highest BCUT2D eigenvalue weighted by Gasteiger charge is 2.46. The fraction of sp³-hybridized carbons (Fsp3) is 0.647. The molecule has 2 aliphatic carbocycles. The van der Waals surface area contributed by atoms with Gasteiger partial charge >= 0.3 is 5.97 Å². The Hall–Kier alpha value is -2.60. The van der Waals surface area contributed by atoms with Crippen LogP contribution in [0, 0.1) is 24.7 Å². The molecule has 0 bridgehead atoms. The van der Waals surface area contributed by atoms with Gasteiger partial charge in [-0.3, -0.25) is 4.79 Å². The number of hydrogen-bond donors (Lipinski definition) is 0. The molecule has 1 saturated heterocycles. The van der Waals surface area contributed by atoms with Crippen molar-refractivity contribution in [2.75, 3.05) is 25.2 Å². The van der Waals surface area contributed by atoms with Gasteiger partial charge in [-0.15, -0.1) is 0 Å². The number of carbonyl (C=O) groups is 1. The van der Waals surface area contributed by atoms with Crippen molar-refractivity contribution >= 4 is 17.4 Å². The smallest absolute Gasteiger partial charge is 0.309 e. The third-order valence-corrected chi connectivity index (χ3v) is 9.27. The second-order valence-corrected chi connectivity index (χ2v) is 12.3. The van der Waals surface area contributed by atoms with Crippen LogP contribution in [-0.2, 0) is 25.5 Å². The highest BCUT2D eigenvalue weighted by Crippen LogP contribution is 2.44. The molecule has 40 heavy (non-hydrogen) atoms.